The largest absolute Gasteiger partial charge is 0.454 e. The zero-order valence-corrected chi connectivity index (χ0v) is 15.5. The summed E-state index contributed by atoms with van der Waals surface area (Å²) in [5.41, 5.74) is 3.59. The normalized spacial score (nSPS) is 16.6. The standard InChI is InChI=1S/C23H20N2O3/c1-15(20-9-5-6-12-24-20)25-22(26)17-10-11-19-18(13-17)14-21(28-23(19)27)16-7-3-2-4-8-16/h2-13,15,21H,14H2,1H3,(H,25,26)/t15-,21-/m0/s1. The van der Waals surface area contributed by atoms with Crippen LogP contribution in [0.25, 0.3) is 0 Å². The quantitative estimate of drug-likeness (QED) is 0.702. The highest BCUT2D eigenvalue weighted by atomic mass is 16.5. The minimum atomic E-state index is -0.357. The molecule has 2 heterocycles. The number of carbonyl (C=O) groups is 2. The van der Waals surface area contributed by atoms with Crippen LogP contribution in [-0.4, -0.2) is 16.9 Å². The third-order valence-electron chi connectivity index (χ3n) is 4.89. The molecule has 0 fully saturated rings. The second-order valence-corrected chi connectivity index (χ2v) is 6.83. The third kappa shape index (κ3) is 3.64. The van der Waals surface area contributed by atoms with Crippen LogP contribution in [0, 0.1) is 0 Å². The lowest BCUT2D eigenvalue weighted by Crippen LogP contribution is -2.28. The number of amides is 1. The first kappa shape index (κ1) is 17.9. The Labute approximate surface area is 163 Å². The lowest BCUT2D eigenvalue weighted by Gasteiger charge is -2.25. The van der Waals surface area contributed by atoms with E-state index in [9.17, 15) is 9.59 Å². The number of cyclic esters (lactones) is 1. The van der Waals surface area contributed by atoms with E-state index < -0.39 is 0 Å². The summed E-state index contributed by atoms with van der Waals surface area (Å²) in [5, 5.41) is 2.96. The summed E-state index contributed by atoms with van der Waals surface area (Å²) in [6.45, 7) is 1.89. The van der Waals surface area contributed by atoms with E-state index in [1.165, 1.54) is 0 Å². The molecule has 2 aromatic carbocycles. The van der Waals surface area contributed by atoms with Gasteiger partial charge in [-0.05, 0) is 48.4 Å². The van der Waals surface area contributed by atoms with E-state index in [0.29, 0.717) is 17.5 Å². The number of fused-ring (bicyclic) bond motifs is 1. The van der Waals surface area contributed by atoms with Crippen molar-refractivity contribution in [3.05, 3.63) is 101 Å². The fourth-order valence-corrected chi connectivity index (χ4v) is 3.38. The summed E-state index contributed by atoms with van der Waals surface area (Å²) < 4.78 is 5.57. The van der Waals surface area contributed by atoms with Gasteiger partial charge in [-0.2, -0.15) is 0 Å². The highest BCUT2D eigenvalue weighted by molar-refractivity contribution is 5.98. The molecule has 4 rings (SSSR count). The summed E-state index contributed by atoms with van der Waals surface area (Å²) in [5.74, 6) is -0.555. The van der Waals surface area contributed by atoms with E-state index in [1.54, 1.807) is 24.4 Å². The van der Waals surface area contributed by atoms with Gasteiger partial charge in [-0.25, -0.2) is 4.79 Å². The van der Waals surface area contributed by atoms with Gasteiger partial charge in [0.2, 0.25) is 0 Å². The predicted molar refractivity (Wildman–Crippen MR) is 105 cm³/mol. The van der Waals surface area contributed by atoms with E-state index >= 15 is 0 Å². The first-order chi connectivity index (χ1) is 13.6. The highest BCUT2D eigenvalue weighted by Gasteiger charge is 2.28. The van der Waals surface area contributed by atoms with E-state index in [2.05, 4.69) is 10.3 Å². The fraction of sp³-hybridized carbons (Fsp3) is 0.174. The van der Waals surface area contributed by atoms with Crippen molar-refractivity contribution in [2.75, 3.05) is 0 Å². The van der Waals surface area contributed by atoms with Crippen LogP contribution in [0.5, 0.6) is 0 Å². The molecule has 0 radical (unpaired) electrons. The van der Waals surface area contributed by atoms with E-state index in [-0.39, 0.29) is 24.0 Å². The molecule has 0 saturated heterocycles. The number of hydrogen-bond acceptors (Lipinski definition) is 4. The van der Waals surface area contributed by atoms with E-state index in [1.807, 2.05) is 55.5 Å². The second kappa shape index (κ2) is 7.64. The first-order valence-corrected chi connectivity index (χ1v) is 9.22. The monoisotopic (exact) mass is 372 g/mol. The molecule has 140 valence electrons. The Balaban J connectivity index is 1.55. The Bertz CT molecular complexity index is 1000. The number of carbonyl (C=O) groups excluding carboxylic acids is 2. The van der Waals surface area contributed by atoms with Crippen molar-refractivity contribution >= 4 is 11.9 Å². The molecule has 0 unspecified atom stereocenters. The maximum atomic E-state index is 12.7. The molecule has 1 amide bonds. The van der Waals surface area contributed by atoms with Crippen molar-refractivity contribution in [1.82, 2.24) is 10.3 Å². The third-order valence-corrected chi connectivity index (χ3v) is 4.89. The van der Waals surface area contributed by atoms with Crippen LogP contribution in [-0.2, 0) is 11.2 Å². The highest BCUT2D eigenvalue weighted by Crippen LogP contribution is 2.31. The average Bonchev–Trinajstić information content (AvgIpc) is 2.74. The molecule has 5 nitrogen and oxygen atoms in total. The summed E-state index contributed by atoms with van der Waals surface area (Å²) >= 11 is 0. The Morgan fingerprint density at radius 3 is 2.64 bits per heavy atom. The zero-order valence-electron chi connectivity index (χ0n) is 15.5. The van der Waals surface area contributed by atoms with Crippen molar-refractivity contribution < 1.29 is 14.3 Å². The van der Waals surface area contributed by atoms with Gasteiger partial charge >= 0.3 is 5.97 Å². The van der Waals surface area contributed by atoms with Gasteiger partial charge in [0.05, 0.1) is 17.3 Å². The zero-order chi connectivity index (χ0) is 19.5. The molecular weight excluding hydrogens is 352 g/mol. The maximum absolute atomic E-state index is 12.7. The van der Waals surface area contributed by atoms with Gasteiger partial charge in [0.15, 0.2) is 0 Å². The molecular formula is C23H20N2O3. The van der Waals surface area contributed by atoms with Crippen LogP contribution < -0.4 is 5.32 Å². The average molecular weight is 372 g/mol. The minimum absolute atomic E-state index is 0.198. The van der Waals surface area contributed by atoms with Gasteiger partial charge in [-0.15, -0.1) is 0 Å². The number of hydrogen-bond donors (Lipinski definition) is 1. The predicted octanol–water partition coefficient (Wildman–Crippen LogP) is 4.03. The van der Waals surface area contributed by atoms with Crippen LogP contribution >= 0.6 is 0 Å². The van der Waals surface area contributed by atoms with Gasteiger partial charge < -0.3 is 10.1 Å². The van der Waals surface area contributed by atoms with Crippen molar-refractivity contribution in [2.45, 2.75) is 25.5 Å². The Hall–Kier alpha value is -3.47. The van der Waals surface area contributed by atoms with E-state index in [4.69, 9.17) is 4.74 Å². The number of benzene rings is 2. The van der Waals surface area contributed by atoms with Gasteiger partial charge in [0, 0.05) is 18.2 Å². The molecule has 1 aromatic heterocycles. The van der Waals surface area contributed by atoms with Crippen LogP contribution in [0.15, 0.2) is 72.9 Å². The summed E-state index contributed by atoms with van der Waals surface area (Å²) in [4.78, 5) is 29.3. The summed E-state index contributed by atoms with van der Waals surface area (Å²) in [6, 6.07) is 20.1. The SMILES string of the molecule is C[C@H](NC(=O)c1ccc2c(c1)C[C@@H](c1ccccc1)OC2=O)c1ccccn1. The Morgan fingerprint density at radius 1 is 1.11 bits per heavy atom. The Morgan fingerprint density at radius 2 is 1.89 bits per heavy atom. The lowest BCUT2D eigenvalue weighted by molar-refractivity contribution is 0.0252. The topological polar surface area (TPSA) is 68.3 Å². The molecule has 0 saturated carbocycles. The molecule has 1 aliphatic heterocycles. The van der Waals surface area contributed by atoms with Gasteiger partial charge in [0.25, 0.3) is 5.91 Å². The number of nitrogens with one attached hydrogen (secondary N) is 1. The molecule has 0 aliphatic carbocycles. The summed E-state index contributed by atoms with van der Waals surface area (Å²) in [7, 11) is 0. The molecule has 1 aliphatic rings. The first-order valence-electron chi connectivity index (χ1n) is 9.22. The van der Waals surface area contributed by atoms with Gasteiger partial charge in [-0.3, -0.25) is 9.78 Å². The Kier molecular flexibility index (Phi) is 4.89. The molecule has 0 bridgehead atoms. The molecule has 3 aromatic rings. The van der Waals surface area contributed by atoms with Gasteiger partial charge in [0.1, 0.15) is 6.10 Å². The van der Waals surface area contributed by atoms with Crippen molar-refractivity contribution in [3.63, 3.8) is 0 Å². The number of rotatable bonds is 4. The van der Waals surface area contributed by atoms with Crippen molar-refractivity contribution in [1.29, 1.82) is 0 Å². The van der Waals surface area contributed by atoms with Crippen LogP contribution in [0.3, 0.4) is 0 Å². The maximum Gasteiger partial charge on any atom is 0.339 e. The lowest BCUT2D eigenvalue weighted by atomic mass is 9.93. The number of aromatic nitrogens is 1. The number of esters is 1. The van der Waals surface area contributed by atoms with Crippen molar-refractivity contribution in [3.8, 4) is 0 Å². The van der Waals surface area contributed by atoms with E-state index in [0.717, 1.165) is 16.8 Å². The van der Waals surface area contributed by atoms with Crippen LogP contribution in [0.1, 0.15) is 56.6 Å². The minimum Gasteiger partial charge on any atom is -0.454 e. The number of ether oxygens (including phenoxy) is 1. The molecule has 0 spiro atoms. The molecule has 28 heavy (non-hydrogen) atoms. The van der Waals surface area contributed by atoms with Crippen LogP contribution in [0.2, 0.25) is 0 Å². The molecule has 5 heteroatoms. The number of pyridine rings is 1. The van der Waals surface area contributed by atoms with Gasteiger partial charge in [-0.1, -0.05) is 36.4 Å². The summed E-state index contributed by atoms with van der Waals surface area (Å²) in [6.07, 6.45) is 1.90. The number of nitrogens with zero attached hydrogens (tertiary/aromatic N) is 1. The molecule has 2 atom stereocenters. The van der Waals surface area contributed by atoms with Crippen LogP contribution in [0.4, 0.5) is 0 Å². The molecule has 1 N–H and O–H groups in total. The van der Waals surface area contributed by atoms with Crippen molar-refractivity contribution in [2.24, 2.45) is 0 Å². The fourth-order valence-electron chi connectivity index (χ4n) is 3.38. The second-order valence-electron chi connectivity index (χ2n) is 6.83. The smallest absolute Gasteiger partial charge is 0.339 e.